The molecule has 96 valence electrons. The van der Waals surface area contributed by atoms with Gasteiger partial charge in [0.25, 0.3) is 0 Å². The van der Waals surface area contributed by atoms with Crippen molar-refractivity contribution in [2.75, 3.05) is 14.1 Å². The van der Waals surface area contributed by atoms with Crippen LogP contribution in [0.25, 0.3) is 0 Å². The molecule has 0 amide bonds. The van der Waals surface area contributed by atoms with Crippen LogP contribution in [-0.4, -0.2) is 24.0 Å². The van der Waals surface area contributed by atoms with E-state index in [-0.39, 0.29) is 0 Å². The number of aromatic nitrogens is 1. The predicted octanol–water partition coefficient (Wildman–Crippen LogP) is 2.03. The van der Waals surface area contributed by atoms with Gasteiger partial charge in [0, 0.05) is 31.0 Å². The largest absolute Gasteiger partial charge is 0.468 e. The lowest BCUT2D eigenvalue weighted by atomic mass is 10.2. The third kappa shape index (κ3) is 3.68. The normalized spacial score (nSPS) is 11.1. The van der Waals surface area contributed by atoms with E-state index in [0.29, 0.717) is 0 Å². The molecule has 0 fully saturated rings. The van der Waals surface area contributed by atoms with Crippen LogP contribution in [-0.2, 0) is 19.6 Å². The second-order valence-electron chi connectivity index (χ2n) is 4.49. The summed E-state index contributed by atoms with van der Waals surface area (Å²) >= 11 is 0. The summed E-state index contributed by atoms with van der Waals surface area (Å²) in [5, 5.41) is 3.11. The zero-order valence-electron chi connectivity index (χ0n) is 10.9. The Hall–Kier alpha value is -1.65. The molecule has 2 aromatic heterocycles. The molecule has 4 heteroatoms. The Morgan fingerprint density at radius 1 is 1.33 bits per heavy atom. The number of nitrogens with zero attached hydrogens (tertiary/aromatic N) is 2. The Kier molecular flexibility index (Phi) is 4.50. The molecular formula is C14H19N3O. The van der Waals surface area contributed by atoms with Crippen molar-refractivity contribution in [1.29, 1.82) is 0 Å². The Morgan fingerprint density at radius 3 is 2.94 bits per heavy atom. The summed E-state index contributed by atoms with van der Waals surface area (Å²) < 4.78 is 5.53. The molecular weight excluding hydrogens is 226 g/mol. The zero-order valence-corrected chi connectivity index (χ0v) is 10.9. The minimum Gasteiger partial charge on any atom is -0.468 e. The summed E-state index contributed by atoms with van der Waals surface area (Å²) in [7, 11) is 4.01. The molecule has 0 saturated heterocycles. The molecule has 0 aromatic carbocycles. The molecule has 2 rings (SSSR count). The highest BCUT2D eigenvalue weighted by atomic mass is 16.3. The summed E-state index contributed by atoms with van der Waals surface area (Å²) in [6.07, 6.45) is 5.49. The first-order chi connectivity index (χ1) is 8.78. The second kappa shape index (κ2) is 6.33. The third-order valence-corrected chi connectivity index (χ3v) is 2.69. The molecule has 0 atom stereocenters. The van der Waals surface area contributed by atoms with Crippen LogP contribution in [0.3, 0.4) is 0 Å². The molecule has 0 radical (unpaired) electrons. The summed E-state index contributed by atoms with van der Waals surface area (Å²) in [5.41, 5.74) is 2.39. The molecule has 0 bridgehead atoms. The van der Waals surface area contributed by atoms with Crippen molar-refractivity contribution in [3.8, 4) is 0 Å². The Bertz CT molecular complexity index is 467. The SMILES string of the molecule is CNCc1coc(CN(C)Cc2cccnc2)c1. The maximum atomic E-state index is 5.53. The number of hydrogen-bond donors (Lipinski definition) is 1. The van der Waals surface area contributed by atoms with E-state index in [1.807, 2.05) is 25.6 Å². The molecule has 2 aromatic rings. The molecule has 18 heavy (non-hydrogen) atoms. The van der Waals surface area contributed by atoms with Gasteiger partial charge in [-0.25, -0.2) is 0 Å². The van der Waals surface area contributed by atoms with E-state index < -0.39 is 0 Å². The van der Waals surface area contributed by atoms with E-state index in [0.717, 1.165) is 25.4 Å². The van der Waals surface area contributed by atoms with Crippen molar-refractivity contribution < 1.29 is 4.42 Å². The molecule has 4 nitrogen and oxygen atoms in total. The lowest BCUT2D eigenvalue weighted by Gasteiger charge is -2.14. The van der Waals surface area contributed by atoms with E-state index in [4.69, 9.17) is 4.42 Å². The Labute approximate surface area is 108 Å². The summed E-state index contributed by atoms with van der Waals surface area (Å²) in [6, 6.07) is 6.13. The lowest BCUT2D eigenvalue weighted by Crippen LogP contribution is -2.16. The van der Waals surface area contributed by atoms with Gasteiger partial charge in [-0.15, -0.1) is 0 Å². The lowest BCUT2D eigenvalue weighted by molar-refractivity contribution is 0.287. The molecule has 0 spiro atoms. The molecule has 0 aliphatic rings. The van der Waals surface area contributed by atoms with E-state index in [1.165, 1.54) is 11.1 Å². The van der Waals surface area contributed by atoms with Crippen molar-refractivity contribution in [1.82, 2.24) is 15.2 Å². The van der Waals surface area contributed by atoms with Crippen LogP contribution in [0.5, 0.6) is 0 Å². The van der Waals surface area contributed by atoms with Gasteiger partial charge in [-0.2, -0.15) is 0 Å². The highest BCUT2D eigenvalue weighted by molar-refractivity contribution is 5.13. The standard InChI is InChI=1S/C14H19N3O/c1-15-7-13-6-14(18-11-13)10-17(2)9-12-4-3-5-16-8-12/h3-6,8,11,15H,7,9-10H2,1-2H3. The Balaban J connectivity index is 1.88. The van der Waals surface area contributed by atoms with Crippen molar-refractivity contribution >= 4 is 0 Å². The van der Waals surface area contributed by atoms with Crippen LogP contribution in [0.4, 0.5) is 0 Å². The smallest absolute Gasteiger partial charge is 0.118 e. The highest BCUT2D eigenvalue weighted by Gasteiger charge is 2.06. The van der Waals surface area contributed by atoms with Gasteiger partial charge in [0.1, 0.15) is 5.76 Å². The first kappa shape index (κ1) is 12.8. The summed E-state index contributed by atoms with van der Waals surface area (Å²) in [6.45, 7) is 2.52. The number of rotatable bonds is 6. The van der Waals surface area contributed by atoms with E-state index >= 15 is 0 Å². The molecule has 0 aliphatic carbocycles. The molecule has 2 heterocycles. The molecule has 0 aliphatic heterocycles. The van der Waals surface area contributed by atoms with E-state index in [2.05, 4.69) is 34.4 Å². The molecule has 1 N–H and O–H groups in total. The van der Waals surface area contributed by atoms with Crippen LogP contribution in [0.2, 0.25) is 0 Å². The summed E-state index contributed by atoms with van der Waals surface area (Å²) in [5.74, 6) is 0.992. The minimum absolute atomic E-state index is 0.804. The summed E-state index contributed by atoms with van der Waals surface area (Å²) in [4.78, 5) is 6.32. The van der Waals surface area contributed by atoms with Gasteiger partial charge in [-0.05, 0) is 31.8 Å². The van der Waals surface area contributed by atoms with Gasteiger partial charge >= 0.3 is 0 Å². The number of nitrogens with one attached hydrogen (secondary N) is 1. The first-order valence-corrected chi connectivity index (χ1v) is 6.06. The number of furan rings is 1. The van der Waals surface area contributed by atoms with Crippen LogP contribution < -0.4 is 5.32 Å². The quantitative estimate of drug-likeness (QED) is 0.845. The monoisotopic (exact) mass is 245 g/mol. The predicted molar refractivity (Wildman–Crippen MR) is 70.9 cm³/mol. The number of pyridine rings is 1. The fourth-order valence-electron chi connectivity index (χ4n) is 1.93. The van der Waals surface area contributed by atoms with Crippen LogP contribution >= 0.6 is 0 Å². The van der Waals surface area contributed by atoms with Gasteiger partial charge in [-0.3, -0.25) is 9.88 Å². The second-order valence-corrected chi connectivity index (χ2v) is 4.49. The average molecular weight is 245 g/mol. The average Bonchev–Trinajstić information content (AvgIpc) is 2.78. The van der Waals surface area contributed by atoms with E-state index in [1.54, 1.807) is 6.20 Å². The topological polar surface area (TPSA) is 41.3 Å². The van der Waals surface area contributed by atoms with Gasteiger partial charge in [0.15, 0.2) is 0 Å². The maximum absolute atomic E-state index is 5.53. The minimum atomic E-state index is 0.804. The highest BCUT2D eigenvalue weighted by Crippen LogP contribution is 2.11. The maximum Gasteiger partial charge on any atom is 0.118 e. The zero-order chi connectivity index (χ0) is 12.8. The fraction of sp³-hybridized carbons (Fsp3) is 0.357. The van der Waals surface area contributed by atoms with Gasteiger partial charge < -0.3 is 9.73 Å². The van der Waals surface area contributed by atoms with Crippen molar-refractivity contribution in [3.63, 3.8) is 0 Å². The van der Waals surface area contributed by atoms with Gasteiger partial charge in [0.05, 0.1) is 12.8 Å². The van der Waals surface area contributed by atoms with Crippen molar-refractivity contribution in [3.05, 3.63) is 53.7 Å². The van der Waals surface area contributed by atoms with Gasteiger partial charge in [0.2, 0.25) is 0 Å². The van der Waals surface area contributed by atoms with Crippen molar-refractivity contribution in [2.24, 2.45) is 0 Å². The van der Waals surface area contributed by atoms with Crippen LogP contribution in [0.15, 0.2) is 41.3 Å². The Morgan fingerprint density at radius 2 is 2.22 bits per heavy atom. The molecule has 0 saturated carbocycles. The van der Waals surface area contributed by atoms with Crippen LogP contribution in [0, 0.1) is 0 Å². The fourth-order valence-corrected chi connectivity index (χ4v) is 1.93. The molecule has 0 unspecified atom stereocenters. The van der Waals surface area contributed by atoms with Gasteiger partial charge in [-0.1, -0.05) is 6.07 Å². The van der Waals surface area contributed by atoms with E-state index in [9.17, 15) is 0 Å². The number of hydrogen-bond acceptors (Lipinski definition) is 4. The third-order valence-electron chi connectivity index (χ3n) is 2.69. The first-order valence-electron chi connectivity index (χ1n) is 6.06. The van der Waals surface area contributed by atoms with Crippen LogP contribution in [0.1, 0.15) is 16.9 Å². The van der Waals surface area contributed by atoms with Crippen molar-refractivity contribution in [2.45, 2.75) is 19.6 Å².